The number of aryl methyl sites for hydroxylation is 1. The van der Waals surface area contributed by atoms with Gasteiger partial charge in [0.05, 0.1) is 6.10 Å². The summed E-state index contributed by atoms with van der Waals surface area (Å²) < 4.78 is 2.27. The number of hydrogen-bond acceptors (Lipinski definition) is 2. The molecule has 2 N–H and O–H groups in total. The molecule has 1 aromatic rings. The number of rotatable bonds is 7. The molecule has 0 bridgehead atoms. The van der Waals surface area contributed by atoms with Gasteiger partial charge in [-0.2, -0.15) is 0 Å². The Bertz CT molecular complexity index is 317. The maximum atomic E-state index is 9.72. The maximum absolute atomic E-state index is 9.72. The van der Waals surface area contributed by atoms with Crippen molar-refractivity contribution in [1.29, 1.82) is 0 Å². The van der Waals surface area contributed by atoms with Crippen LogP contribution in [0.3, 0.4) is 0 Å². The summed E-state index contributed by atoms with van der Waals surface area (Å²) in [6.07, 6.45) is 5.54. The van der Waals surface area contributed by atoms with Crippen molar-refractivity contribution in [3.05, 3.63) is 24.0 Å². The molecule has 0 amide bonds. The molecular weight excluding hydrogens is 200 g/mol. The van der Waals surface area contributed by atoms with Gasteiger partial charge in [0.15, 0.2) is 0 Å². The molecular formula is C13H22N2O. The highest BCUT2D eigenvalue weighted by atomic mass is 16.3. The Balaban J connectivity index is 1.73. The van der Waals surface area contributed by atoms with Gasteiger partial charge >= 0.3 is 0 Å². The van der Waals surface area contributed by atoms with Crippen molar-refractivity contribution < 1.29 is 5.11 Å². The summed E-state index contributed by atoms with van der Waals surface area (Å²) in [7, 11) is 0. The third-order valence-electron chi connectivity index (χ3n) is 3.21. The van der Waals surface area contributed by atoms with Crippen LogP contribution in [0.15, 0.2) is 18.3 Å². The molecule has 1 saturated carbocycles. The van der Waals surface area contributed by atoms with Crippen molar-refractivity contribution in [3.8, 4) is 0 Å². The largest absolute Gasteiger partial charge is 0.392 e. The fourth-order valence-corrected chi connectivity index (χ4v) is 2.06. The molecule has 1 unspecified atom stereocenters. The molecule has 1 heterocycles. The van der Waals surface area contributed by atoms with Crippen LogP contribution < -0.4 is 5.32 Å². The van der Waals surface area contributed by atoms with Gasteiger partial charge in [-0.15, -0.1) is 0 Å². The van der Waals surface area contributed by atoms with Gasteiger partial charge in [-0.3, -0.25) is 0 Å². The molecule has 0 radical (unpaired) electrons. The van der Waals surface area contributed by atoms with E-state index in [4.69, 9.17) is 0 Å². The minimum atomic E-state index is -0.144. The average Bonchev–Trinajstić information content (AvgIpc) is 3.03. The quantitative estimate of drug-likeness (QED) is 0.737. The van der Waals surface area contributed by atoms with E-state index in [0.29, 0.717) is 5.92 Å². The second-order valence-electron chi connectivity index (χ2n) is 4.73. The first-order valence-corrected chi connectivity index (χ1v) is 6.34. The zero-order valence-corrected chi connectivity index (χ0v) is 10.0. The van der Waals surface area contributed by atoms with Crippen molar-refractivity contribution in [2.75, 3.05) is 6.54 Å². The zero-order chi connectivity index (χ0) is 11.4. The molecule has 16 heavy (non-hydrogen) atoms. The lowest BCUT2D eigenvalue weighted by Crippen LogP contribution is -2.28. The highest BCUT2D eigenvalue weighted by Gasteiger charge is 2.29. The minimum absolute atomic E-state index is 0.144. The lowest BCUT2D eigenvalue weighted by molar-refractivity contribution is 0.148. The van der Waals surface area contributed by atoms with Crippen LogP contribution in [0.5, 0.6) is 0 Å². The van der Waals surface area contributed by atoms with Crippen LogP contribution in [-0.2, 0) is 13.1 Å². The minimum Gasteiger partial charge on any atom is -0.392 e. The zero-order valence-electron chi connectivity index (χ0n) is 10.0. The monoisotopic (exact) mass is 222 g/mol. The van der Waals surface area contributed by atoms with Gasteiger partial charge in [-0.25, -0.2) is 0 Å². The van der Waals surface area contributed by atoms with Crippen LogP contribution in [0.4, 0.5) is 0 Å². The second kappa shape index (κ2) is 5.51. The van der Waals surface area contributed by atoms with Crippen molar-refractivity contribution in [1.82, 2.24) is 9.88 Å². The molecule has 1 atom stereocenters. The van der Waals surface area contributed by atoms with Crippen molar-refractivity contribution >= 4 is 0 Å². The molecule has 1 aromatic heterocycles. The molecule has 0 aromatic carbocycles. The molecule has 0 spiro atoms. The third-order valence-corrected chi connectivity index (χ3v) is 3.21. The normalized spacial score (nSPS) is 17.6. The summed E-state index contributed by atoms with van der Waals surface area (Å²) in [6.45, 7) is 4.85. The van der Waals surface area contributed by atoms with E-state index >= 15 is 0 Å². The number of aliphatic hydroxyl groups excluding tert-OH is 1. The van der Waals surface area contributed by atoms with Crippen LogP contribution in [0.2, 0.25) is 0 Å². The van der Waals surface area contributed by atoms with Gasteiger partial charge < -0.3 is 15.0 Å². The van der Waals surface area contributed by atoms with E-state index in [2.05, 4.69) is 35.1 Å². The van der Waals surface area contributed by atoms with E-state index in [1.165, 1.54) is 18.5 Å². The van der Waals surface area contributed by atoms with E-state index in [1.807, 2.05) is 0 Å². The summed E-state index contributed by atoms with van der Waals surface area (Å²) in [6, 6.07) is 4.23. The standard InChI is InChI=1S/C13H22N2O/c1-2-7-15-8-3-4-12(15)9-14-10-13(16)11-5-6-11/h3-4,8,11,13-14,16H,2,5-7,9-10H2,1H3. The molecule has 1 aliphatic rings. The number of nitrogens with one attached hydrogen (secondary N) is 1. The van der Waals surface area contributed by atoms with E-state index < -0.39 is 0 Å². The second-order valence-corrected chi connectivity index (χ2v) is 4.73. The fraction of sp³-hybridized carbons (Fsp3) is 0.692. The Morgan fingerprint density at radius 3 is 3.06 bits per heavy atom. The summed E-state index contributed by atoms with van der Waals surface area (Å²) >= 11 is 0. The van der Waals surface area contributed by atoms with E-state index in [9.17, 15) is 5.11 Å². The van der Waals surface area contributed by atoms with Crippen molar-refractivity contribution in [3.63, 3.8) is 0 Å². The summed E-state index contributed by atoms with van der Waals surface area (Å²) in [5.74, 6) is 0.565. The molecule has 0 saturated heterocycles. The molecule has 2 rings (SSSR count). The summed E-state index contributed by atoms with van der Waals surface area (Å²) in [4.78, 5) is 0. The Labute approximate surface area is 97.5 Å². The van der Waals surface area contributed by atoms with Crippen LogP contribution in [0.1, 0.15) is 31.9 Å². The molecule has 0 aliphatic heterocycles. The summed E-state index contributed by atoms with van der Waals surface area (Å²) in [5.41, 5.74) is 1.31. The van der Waals surface area contributed by atoms with Crippen LogP contribution >= 0.6 is 0 Å². The molecule has 1 fully saturated rings. The van der Waals surface area contributed by atoms with E-state index in [0.717, 1.165) is 26.1 Å². The van der Waals surface area contributed by atoms with Gasteiger partial charge in [0.1, 0.15) is 0 Å². The third kappa shape index (κ3) is 3.09. The van der Waals surface area contributed by atoms with Gasteiger partial charge in [0.25, 0.3) is 0 Å². The van der Waals surface area contributed by atoms with E-state index in [-0.39, 0.29) is 6.10 Å². The molecule has 1 aliphatic carbocycles. The summed E-state index contributed by atoms with van der Waals surface area (Å²) in [5, 5.41) is 13.1. The first-order chi connectivity index (χ1) is 7.81. The Kier molecular flexibility index (Phi) is 4.02. The molecule has 90 valence electrons. The topological polar surface area (TPSA) is 37.2 Å². The number of aromatic nitrogens is 1. The first kappa shape index (κ1) is 11.7. The molecule has 3 heteroatoms. The fourth-order valence-electron chi connectivity index (χ4n) is 2.06. The van der Waals surface area contributed by atoms with Gasteiger partial charge in [-0.05, 0) is 37.3 Å². The predicted octanol–water partition coefficient (Wildman–Crippen LogP) is 1.76. The van der Waals surface area contributed by atoms with Crippen LogP contribution in [0, 0.1) is 5.92 Å². The predicted molar refractivity (Wildman–Crippen MR) is 65.2 cm³/mol. The van der Waals surface area contributed by atoms with Gasteiger partial charge in [0.2, 0.25) is 0 Å². The Hall–Kier alpha value is -0.800. The van der Waals surface area contributed by atoms with Gasteiger partial charge in [-0.1, -0.05) is 6.92 Å². The first-order valence-electron chi connectivity index (χ1n) is 6.34. The van der Waals surface area contributed by atoms with Gasteiger partial charge in [0, 0.05) is 31.5 Å². The number of aliphatic hydroxyl groups is 1. The van der Waals surface area contributed by atoms with E-state index in [1.54, 1.807) is 0 Å². The highest BCUT2D eigenvalue weighted by molar-refractivity contribution is 5.06. The maximum Gasteiger partial charge on any atom is 0.0692 e. The lowest BCUT2D eigenvalue weighted by Gasteiger charge is -2.12. The van der Waals surface area contributed by atoms with Crippen molar-refractivity contribution in [2.24, 2.45) is 5.92 Å². The van der Waals surface area contributed by atoms with Crippen LogP contribution in [0.25, 0.3) is 0 Å². The SMILES string of the molecule is CCCn1cccc1CNCC(O)C1CC1. The smallest absolute Gasteiger partial charge is 0.0692 e. The lowest BCUT2D eigenvalue weighted by atomic mass is 10.2. The number of hydrogen-bond donors (Lipinski definition) is 2. The Morgan fingerprint density at radius 1 is 1.56 bits per heavy atom. The molecule has 3 nitrogen and oxygen atoms in total. The Morgan fingerprint density at radius 2 is 2.38 bits per heavy atom. The van der Waals surface area contributed by atoms with Crippen molar-refractivity contribution in [2.45, 2.75) is 45.4 Å². The highest BCUT2D eigenvalue weighted by Crippen LogP contribution is 2.32. The van der Waals surface area contributed by atoms with Crippen LogP contribution in [-0.4, -0.2) is 22.3 Å². The number of nitrogens with zero attached hydrogens (tertiary/aromatic N) is 1. The average molecular weight is 222 g/mol.